The molecule has 0 spiro atoms. The third-order valence-corrected chi connectivity index (χ3v) is 1.73. The third-order valence-electron chi connectivity index (χ3n) is 1.73. The summed E-state index contributed by atoms with van der Waals surface area (Å²) >= 11 is 0. The molecular weight excluding hydrogens is 208 g/mol. The highest BCUT2D eigenvalue weighted by molar-refractivity contribution is 4.37. The average Bonchev–Trinajstić information content (AvgIpc) is 2.29. The molecule has 0 aliphatic heterocycles. The number of hydrogen-bond donors (Lipinski definition) is 4. The number of nitrogens with one attached hydrogen (secondary N) is 1. The minimum absolute atomic E-state index is 0.855. The van der Waals surface area contributed by atoms with Crippen molar-refractivity contribution in [2.45, 2.75) is 52.4 Å². The predicted octanol–water partition coefficient (Wildman–Crippen LogP) is 1.92. The van der Waals surface area contributed by atoms with Crippen molar-refractivity contribution in [1.82, 2.24) is 5.43 Å². The molecule has 6 heteroatoms. The highest BCUT2D eigenvalue weighted by atomic mass is 16.6. The molecule has 0 radical (unpaired) electrons. The molecule has 0 bridgehead atoms. The second kappa shape index (κ2) is 29.2. The molecule has 100 valence electrons. The number of nitrogens with zero attached hydrogens (tertiary/aromatic N) is 1. The number of hydrazine groups is 1. The first-order valence-corrected chi connectivity index (χ1v) is 5.85. The molecule has 0 saturated heterocycles. The summed E-state index contributed by atoms with van der Waals surface area (Å²) in [6.45, 7) is 6.16. The van der Waals surface area contributed by atoms with Crippen molar-refractivity contribution in [3.8, 4) is 0 Å². The van der Waals surface area contributed by atoms with Gasteiger partial charge in [-0.05, 0) is 19.4 Å². The van der Waals surface area contributed by atoms with Gasteiger partial charge in [0.1, 0.15) is 0 Å². The summed E-state index contributed by atoms with van der Waals surface area (Å²) in [7, 11) is 0. The van der Waals surface area contributed by atoms with E-state index in [2.05, 4.69) is 19.3 Å². The Labute approximate surface area is 98.7 Å². The highest BCUT2D eigenvalue weighted by Crippen LogP contribution is 1.89. The fourth-order valence-corrected chi connectivity index (χ4v) is 0.871. The topological polar surface area (TPSA) is 114 Å². The van der Waals surface area contributed by atoms with Crippen LogP contribution in [-0.2, 0) is 0 Å². The van der Waals surface area contributed by atoms with Gasteiger partial charge >= 0.3 is 0 Å². The summed E-state index contributed by atoms with van der Waals surface area (Å²) in [6, 6.07) is 0. The van der Waals surface area contributed by atoms with Crippen LogP contribution in [-0.4, -0.2) is 18.3 Å². The summed E-state index contributed by atoms with van der Waals surface area (Å²) in [4.78, 5) is 8.11. The number of nitrogens with two attached hydrogens (primary N) is 2. The van der Waals surface area contributed by atoms with Gasteiger partial charge in [-0.3, -0.25) is 11.3 Å². The highest BCUT2D eigenvalue weighted by Gasteiger charge is 1.79. The van der Waals surface area contributed by atoms with Crippen molar-refractivity contribution in [2.75, 3.05) is 13.1 Å². The summed E-state index contributed by atoms with van der Waals surface area (Å²) in [5.41, 5.74) is 7.82. The van der Waals surface area contributed by atoms with Crippen molar-refractivity contribution >= 4 is 0 Å². The van der Waals surface area contributed by atoms with Gasteiger partial charge in [0.25, 0.3) is 0 Å². The molecule has 6 N–H and O–H groups in total. The van der Waals surface area contributed by atoms with E-state index in [-0.39, 0.29) is 0 Å². The molecule has 0 aromatic rings. The predicted molar refractivity (Wildman–Crippen MR) is 67.9 cm³/mol. The zero-order valence-corrected chi connectivity index (χ0v) is 10.6. The van der Waals surface area contributed by atoms with Crippen molar-refractivity contribution in [3.05, 3.63) is 4.91 Å². The molecule has 0 rings (SSSR count). The lowest BCUT2D eigenvalue weighted by molar-refractivity contribution is 0.312. The molecule has 6 nitrogen and oxygen atoms in total. The Kier molecular flexibility index (Phi) is 37.8. The number of rotatable bonds is 7. The van der Waals surface area contributed by atoms with Crippen LogP contribution in [0, 0.1) is 4.91 Å². The minimum atomic E-state index is 0.855. The standard InChI is InChI=1S/C5H14N2.C5H13N.HNO2/c1-2-3-4-5-7-6;1-2-3-4-5-6;2-1-3/h7H,2-6H2,1H3;2-6H2,1H3;(H,2,3). The largest absolute Gasteiger partial charge is 0.379 e. The molecule has 0 fully saturated rings. The molecule has 0 aliphatic carbocycles. The summed E-state index contributed by atoms with van der Waals surface area (Å²) in [5.74, 6) is 5.02. The third kappa shape index (κ3) is 50.8. The van der Waals surface area contributed by atoms with Crippen LogP contribution in [0.2, 0.25) is 0 Å². The zero-order chi connectivity index (χ0) is 13.1. The Morgan fingerprint density at radius 1 is 1.12 bits per heavy atom. The SMILES string of the molecule is CCCCCN.CCCCCNN.O=NO. The first kappa shape index (κ1) is 20.7. The minimum Gasteiger partial charge on any atom is -0.379 e. The molecule has 0 aromatic heterocycles. The molecular formula is C10H28N4O2. The van der Waals surface area contributed by atoms with Gasteiger partial charge in [0.05, 0.1) is 0 Å². The first-order valence-electron chi connectivity index (χ1n) is 5.85. The van der Waals surface area contributed by atoms with Crippen molar-refractivity contribution in [1.29, 1.82) is 0 Å². The van der Waals surface area contributed by atoms with Gasteiger partial charge in [-0.1, -0.05) is 39.5 Å². The van der Waals surface area contributed by atoms with E-state index in [1.807, 2.05) is 0 Å². The van der Waals surface area contributed by atoms with E-state index >= 15 is 0 Å². The van der Waals surface area contributed by atoms with E-state index in [0.29, 0.717) is 0 Å². The Balaban J connectivity index is -0.000000172. The Morgan fingerprint density at radius 2 is 1.56 bits per heavy atom. The lowest BCUT2D eigenvalue weighted by atomic mass is 10.3. The normalized spacial score (nSPS) is 8.25. The molecule has 16 heavy (non-hydrogen) atoms. The quantitative estimate of drug-likeness (QED) is 0.233. The van der Waals surface area contributed by atoms with Gasteiger partial charge in [-0.15, -0.1) is 4.91 Å². The van der Waals surface area contributed by atoms with Crippen LogP contribution in [0.3, 0.4) is 0 Å². The molecule has 0 aromatic carbocycles. The second-order valence-corrected chi connectivity index (χ2v) is 3.24. The van der Waals surface area contributed by atoms with Crippen LogP contribution in [0.15, 0.2) is 5.34 Å². The van der Waals surface area contributed by atoms with Crippen LogP contribution >= 0.6 is 0 Å². The van der Waals surface area contributed by atoms with E-state index in [9.17, 15) is 0 Å². The summed E-state index contributed by atoms with van der Waals surface area (Å²) in [5, 5.41) is 7.89. The Hall–Kier alpha value is -0.720. The fraction of sp³-hybridized carbons (Fsp3) is 1.00. The zero-order valence-electron chi connectivity index (χ0n) is 10.6. The van der Waals surface area contributed by atoms with Crippen LogP contribution in [0.25, 0.3) is 0 Å². The maximum Gasteiger partial charge on any atom is 0.152 e. The molecule has 0 atom stereocenters. The maximum atomic E-state index is 8.11. The van der Waals surface area contributed by atoms with Gasteiger partial charge in [-0.25, -0.2) is 0 Å². The first-order chi connectivity index (χ1) is 7.74. The summed E-state index contributed by atoms with van der Waals surface area (Å²) in [6.07, 6.45) is 7.50. The molecule has 0 amide bonds. The van der Waals surface area contributed by atoms with E-state index in [1.54, 1.807) is 0 Å². The van der Waals surface area contributed by atoms with E-state index in [4.69, 9.17) is 21.7 Å². The monoisotopic (exact) mass is 236 g/mol. The maximum absolute atomic E-state index is 8.11. The van der Waals surface area contributed by atoms with Gasteiger partial charge in [0, 0.05) is 6.54 Å². The van der Waals surface area contributed by atoms with Gasteiger partial charge in [-0.2, -0.15) is 0 Å². The van der Waals surface area contributed by atoms with Crippen LogP contribution in [0.5, 0.6) is 0 Å². The molecule has 0 unspecified atom stereocenters. The van der Waals surface area contributed by atoms with Gasteiger partial charge < -0.3 is 10.9 Å². The lowest BCUT2D eigenvalue weighted by Gasteiger charge is -1.93. The van der Waals surface area contributed by atoms with Gasteiger partial charge in [0.15, 0.2) is 5.34 Å². The number of hydrogen-bond acceptors (Lipinski definition) is 5. The van der Waals surface area contributed by atoms with E-state index in [1.165, 1.54) is 43.9 Å². The molecule has 0 heterocycles. The molecule has 0 saturated carbocycles. The second-order valence-electron chi connectivity index (χ2n) is 3.24. The number of unbranched alkanes of at least 4 members (excludes halogenated alkanes) is 4. The van der Waals surface area contributed by atoms with Crippen LogP contribution < -0.4 is 17.0 Å². The van der Waals surface area contributed by atoms with E-state index < -0.39 is 0 Å². The smallest absolute Gasteiger partial charge is 0.152 e. The van der Waals surface area contributed by atoms with Crippen LogP contribution in [0.4, 0.5) is 0 Å². The van der Waals surface area contributed by atoms with Crippen molar-refractivity contribution in [3.63, 3.8) is 0 Å². The van der Waals surface area contributed by atoms with Crippen LogP contribution in [0.1, 0.15) is 52.4 Å². The van der Waals surface area contributed by atoms with Crippen molar-refractivity contribution < 1.29 is 5.21 Å². The lowest BCUT2D eigenvalue weighted by Crippen LogP contribution is -2.22. The average molecular weight is 236 g/mol. The summed E-state index contributed by atoms with van der Waals surface area (Å²) < 4.78 is 0. The fourth-order valence-electron chi connectivity index (χ4n) is 0.871. The van der Waals surface area contributed by atoms with Crippen molar-refractivity contribution in [2.24, 2.45) is 16.9 Å². The Morgan fingerprint density at radius 3 is 1.81 bits per heavy atom. The Bertz CT molecular complexity index is 96.8. The molecule has 0 aliphatic rings. The van der Waals surface area contributed by atoms with Gasteiger partial charge in [0.2, 0.25) is 0 Å². The van der Waals surface area contributed by atoms with E-state index in [0.717, 1.165) is 13.1 Å².